The van der Waals surface area contributed by atoms with Gasteiger partial charge in [0.1, 0.15) is 0 Å². The van der Waals surface area contributed by atoms with Gasteiger partial charge < -0.3 is 15.4 Å². The van der Waals surface area contributed by atoms with Crippen LogP contribution >= 0.6 is 35.7 Å². The summed E-state index contributed by atoms with van der Waals surface area (Å²) >= 11 is 2.09. The quantitative estimate of drug-likeness (QED) is 0.218. The molecule has 2 fully saturated rings. The lowest BCUT2D eigenvalue weighted by Gasteiger charge is -2.24. The molecule has 0 bridgehead atoms. The Morgan fingerprint density at radius 1 is 1.12 bits per heavy atom. The number of unbranched alkanes of at least 4 members (excludes halogenated alkanes) is 2. The number of guanidine groups is 1. The second-order valence-electron chi connectivity index (χ2n) is 7.45. The largest absolute Gasteiger partial charge is 0.378 e. The lowest BCUT2D eigenvalue weighted by molar-refractivity contribution is 0.0264. The molecule has 0 aromatic rings. The van der Waals surface area contributed by atoms with Gasteiger partial charge in [0.15, 0.2) is 5.96 Å². The normalized spacial score (nSPS) is 24.8. The highest BCUT2D eigenvalue weighted by Gasteiger charge is 2.29. The molecule has 0 radical (unpaired) electrons. The molecule has 0 amide bonds. The molecule has 1 saturated carbocycles. The zero-order valence-corrected chi connectivity index (χ0v) is 19.3. The van der Waals surface area contributed by atoms with Gasteiger partial charge in [-0.3, -0.25) is 4.99 Å². The molecular weight excluding hydrogens is 445 g/mol. The van der Waals surface area contributed by atoms with Crippen LogP contribution in [-0.2, 0) is 4.74 Å². The van der Waals surface area contributed by atoms with Gasteiger partial charge in [0.05, 0.1) is 6.10 Å². The first kappa shape index (κ1) is 23.3. The van der Waals surface area contributed by atoms with Gasteiger partial charge in [0.25, 0.3) is 0 Å². The molecule has 1 aliphatic heterocycles. The predicted octanol–water partition coefficient (Wildman–Crippen LogP) is 4.57. The molecule has 2 N–H and O–H groups in total. The average molecular weight is 484 g/mol. The number of hydrogen-bond donors (Lipinski definition) is 2. The summed E-state index contributed by atoms with van der Waals surface area (Å²) in [6, 6.07) is 0. The molecular formula is C19H38IN3OS. The Kier molecular flexibility index (Phi) is 12.6. The van der Waals surface area contributed by atoms with Crippen molar-refractivity contribution in [3.8, 4) is 0 Å². The molecule has 1 unspecified atom stereocenters. The first-order valence-electron chi connectivity index (χ1n) is 9.92. The molecule has 0 aromatic carbocycles. The highest BCUT2D eigenvalue weighted by atomic mass is 127. The summed E-state index contributed by atoms with van der Waals surface area (Å²) in [5, 5.41) is 6.93. The summed E-state index contributed by atoms with van der Waals surface area (Å²) < 4.78 is 6.36. The third-order valence-corrected chi connectivity index (χ3v) is 6.71. The van der Waals surface area contributed by atoms with Gasteiger partial charge in [-0.15, -0.1) is 24.0 Å². The molecule has 0 aromatic heterocycles. The Morgan fingerprint density at radius 2 is 1.92 bits per heavy atom. The topological polar surface area (TPSA) is 45.7 Å². The van der Waals surface area contributed by atoms with E-state index in [1.54, 1.807) is 0 Å². The van der Waals surface area contributed by atoms with Crippen LogP contribution in [0.3, 0.4) is 0 Å². The molecule has 1 heterocycles. The first-order valence-corrected chi connectivity index (χ1v) is 10.9. The Hall–Kier alpha value is 0.310. The Morgan fingerprint density at radius 3 is 2.60 bits per heavy atom. The van der Waals surface area contributed by atoms with Crippen LogP contribution in [0.15, 0.2) is 4.99 Å². The Labute approximate surface area is 176 Å². The predicted molar refractivity (Wildman–Crippen MR) is 122 cm³/mol. The molecule has 2 aliphatic rings. The molecule has 25 heavy (non-hydrogen) atoms. The van der Waals surface area contributed by atoms with E-state index in [0.29, 0.717) is 10.9 Å². The maximum absolute atomic E-state index is 5.98. The van der Waals surface area contributed by atoms with E-state index < -0.39 is 0 Å². The van der Waals surface area contributed by atoms with Crippen molar-refractivity contribution in [2.24, 2.45) is 4.99 Å². The van der Waals surface area contributed by atoms with E-state index >= 15 is 0 Å². The average Bonchev–Trinajstić information content (AvgIpc) is 3.04. The number of thioether (sulfide) groups is 1. The van der Waals surface area contributed by atoms with Crippen LogP contribution in [0, 0.1) is 0 Å². The molecule has 1 atom stereocenters. The maximum Gasteiger partial charge on any atom is 0.191 e. The zero-order valence-electron chi connectivity index (χ0n) is 16.1. The summed E-state index contributed by atoms with van der Waals surface area (Å²) in [5.41, 5.74) is 0. The van der Waals surface area contributed by atoms with Gasteiger partial charge in [-0.05, 0) is 57.6 Å². The number of rotatable bonds is 9. The molecule has 148 valence electrons. The maximum atomic E-state index is 5.98. The van der Waals surface area contributed by atoms with Gasteiger partial charge in [0, 0.05) is 31.5 Å². The number of hydrogen-bond acceptors (Lipinski definition) is 3. The molecule has 4 nitrogen and oxygen atoms in total. The van der Waals surface area contributed by atoms with Crippen LogP contribution in [0.2, 0.25) is 0 Å². The third-order valence-electron chi connectivity index (χ3n) is 5.17. The number of aliphatic imine (C=N–C) groups is 1. The Bertz CT molecular complexity index is 370. The second kappa shape index (κ2) is 13.5. The van der Waals surface area contributed by atoms with E-state index in [9.17, 15) is 0 Å². The van der Waals surface area contributed by atoms with E-state index in [1.165, 1.54) is 70.0 Å². The van der Waals surface area contributed by atoms with Crippen molar-refractivity contribution >= 4 is 41.7 Å². The van der Waals surface area contributed by atoms with E-state index in [1.807, 2.05) is 7.05 Å². The standard InChI is InChI=1S/C19H37N3OS.HI/c1-19(12-9-15-24-19)16-22-18(20-2)21-13-7-4-8-14-23-17-10-5-3-6-11-17;/h17H,3-16H2,1-2H3,(H2,20,21,22);1H. The Balaban J connectivity index is 0.00000312. The van der Waals surface area contributed by atoms with E-state index in [4.69, 9.17) is 4.74 Å². The van der Waals surface area contributed by atoms with Crippen molar-refractivity contribution in [2.75, 3.05) is 32.5 Å². The summed E-state index contributed by atoms with van der Waals surface area (Å²) in [6.07, 6.45) is 13.5. The molecule has 0 spiro atoms. The summed E-state index contributed by atoms with van der Waals surface area (Å²) in [7, 11) is 1.86. The fourth-order valence-corrected chi connectivity index (χ4v) is 4.80. The van der Waals surface area contributed by atoms with Gasteiger partial charge in [0.2, 0.25) is 0 Å². The van der Waals surface area contributed by atoms with Crippen molar-refractivity contribution in [1.82, 2.24) is 10.6 Å². The van der Waals surface area contributed by atoms with Gasteiger partial charge >= 0.3 is 0 Å². The highest BCUT2D eigenvalue weighted by molar-refractivity contribution is 14.0. The fraction of sp³-hybridized carbons (Fsp3) is 0.947. The SMILES string of the molecule is CN=C(NCCCCCOC1CCCCC1)NCC1(C)CCCS1.I. The molecule has 1 aliphatic carbocycles. The smallest absolute Gasteiger partial charge is 0.191 e. The number of halogens is 1. The summed E-state index contributed by atoms with van der Waals surface area (Å²) in [5.74, 6) is 2.25. The number of nitrogens with one attached hydrogen (secondary N) is 2. The van der Waals surface area contributed by atoms with Gasteiger partial charge in [-0.25, -0.2) is 0 Å². The van der Waals surface area contributed by atoms with E-state index in [2.05, 4.69) is 34.3 Å². The van der Waals surface area contributed by atoms with Gasteiger partial charge in [-0.2, -0.15) is 11.8 Å². The molecule has 2 rings (SSSR count). The third kappa shape index (κ3) is 9.70. The highest BCUT2D eigenvalue weighted by Crippen LogP contribution is 2.36. The number of ether oxygens (including phenoxy) is 1. The minimum atomic E-state index is 0. The minimum Gasteiger partial charge on any atom is -0.378 e. The van der Waals surface area contributed by atoms with Crippen LogP contribution in [0.1, 0.15) is 71.1 Å². The summed E-state index contributed by atoms with van der Waals surface area (Å²) in [4.78, 5) is 4.34. The fourth-order valence-electron chi connectivity index (χ4n) is 3.56. The second-order valence-corrected chi connectivity index (χ2v) is 9.13. The first-order chi connectivity index (χ1) is 11.7. The van der Waals surface area contributed by atoms with Gasteiger partial charge in [-0.1, -0.05) is 19.3 Å². The molecule has 6 heteroatoms. The van der Waals surface area contributed by atoms with E-state index in [0.717, 1.165) is 25.7 Å². The van der Waals surface area contributed by atoms with E-state index in [-0.39, 0.29) is 24.0 Å². The summed E-state index contributed by atoms with van der Waals surface area (Å²) in [6.45, 7) is 5.30. The van der Waals surface area contributed by atoms with Crippen molar-refractivity contribution in [1.29, 1.82) is 0 Å². The minimum absolute atomic E-state index is 0. The van der Waals surface area contributed by atoms with Crippen LogP contribution < -0.4 is 10.6 Å². The van der Waals surface area contributed by atoms with Crippen LogP contribution in [0.5, 0.6) is 0 Å². The number of nitrogens with zero attached hydrogens (tertiary/aromatic N) is 1. The van der Waals surface area contributed by atoms with Crippen molar-refractivity contribution in [3.63, 3.8) is 0 Å². The lowest BCUT2D eigenvalue weighted by atomic mass is 9.98. The monoisotopic (exact) mass is 483 g/mol. The molecule has 1 saturated heterocycles. The lowest BCUT2D eigenvalue weighted by Crippen LogP contribution is -2.43. The van der Waals surface area contributed by atoms with Crippen LogP contribution in [0.25, 0.3) is 0 Å². The van der Waals surface area contributed by atoms with Crippen molar-refractivity contribution in [3.05, 3.63) is 0 Å². The van der Waals surface area contributed by atoms with Crippen LogP contribution in [0.4, 0.5) is 0 Å². The van der Waals surface area contributed by atoms with Crippen molar-refractivity contribution in [2.45, 2.75) is 82.0 Å². The van der Waals surface area contributed by atoms with Crippen molar-refractivity contribution < 1.29 is 4.74 Å². The van der Waals surface area contributed by atoms with Crippen LogP contribution in [-0.4, -0.2) is 49.3 Å². The zero-order chi connectivity index (χ0) is 17.1.